The zero-order chi connectivity index (χ0) is 20.3. The van der Waals surface area contributed by atoms with Crippen molar-refractivity contribution < 1.29 is 13.2 Å². The SMILES string of the molecule is O=C(Nc1cccc(-c2nccs2)c1)c1cccc(S(=O)(=O)NC2CCCC2)c1. The summed E-state index contributed by atoms with van der Waals surface area (Å²) in [6, 6.07) is 13.5. The molecule has 1 saturated carbocycles. The van der Waals surface area contributed by atoms with Crippen molar-refractivity contribution in [1.82, 2.24) is 9.71 Å². The van der Waals surface area contributed by atoms with E-state index >= 15 is 0 Å². The molecule has 1 heterocycles. The first-order valence-electron chi connectivity index (χ1n) is 9.45. The average Bonchev–Trinajstić information content (AvgIpc) is 3.42. The predicted molar refractivity (Wildman–Crippen MR) is 115 cm³/mol. The van der Waals surface area contributed by atoms with E-state index in [-0.39, 0.29) is 16.8 Å². The van der Waals surface area contributed by atoms with Gasteiger partial charge in [-0.3, -0.25) is 4.79 Å². The van der Waals surface area contributed by atoms with Crippen LogP contribution in [0, 0.1) is 0 Å². The van der Waals surface area contributed by atoms with E-state index in [4.69, 9.17) is 0 Å². The first-order chi connectivity index (χ1) is 14.0. The van der Waals surface area contributed by atoms with Crippen LogP contribution in [0.15, 0.2) is 65.0 Å². The second-order valence-corrected chi connectivity index (χ2v) is 9.61. The number of carbonyl (C=O) groups is 1. The monoisotopic (exact) mass is 427 g/mol. The molecule has 4 rings (SSSR count). The molecule has 0 saturated heterocycles. The number of nitrogens with zero attached hydrogens (tertiary/aromatic N) is 1. The summed E-state index contributed by atoms with van der Waals surface area (Å²) in [4.78, 5) is 17.1. The van der Waals surface area contributed by atoms with E-state index in [9.17, 15) is 13.2 Å². The largest absolute Gasteiger partial charge is 0.322 e. The summed E-state index contributed by atoms with van der Waals surface area (Å²) in [5.41, 5.74) is 1.83. The number of amides is 1. The lowest BCUT2D eigenvalue weighted by Crippen LogP contribution is -2.32. The van der Waals surface area contributed by atoms with Crippen molar-refractivity contribution in [3.63, 3.8) is 0 Å². The van der Waals surface area contributed by atoms with Crippen LogP contribution >= 0.6 is 11.3 Å². The van der Waals surface area contributed by atoms with Crippen molar-refractivity contribution in [3.05, 3.63) is 65.7 Å². The highest BCUT2D eigenvalue weighted by Crippen LogP contribution is 2.25. The summed E-state index contributed by atoms with van der Waals surface area (Å²) in [5.74, 6) is -0.362. The molecule has 150 valence electrons. The lowest BCUT2D eigenvalue weighted by atomic mass is 10.2. The van der Waals surface area contributed by atoms with Crippen molar-refractivity contribution in [3.8, 4) is 10.6 Å². The molecule has 0 unspecified atom stereocenters. The van der Waals surface area contributed by atoms with E-state index in [2.05, 4.69) is 15.0 Å². The molecule has 3 aromatic rings. The molecule has 2 N–H and O–H groups in total. The molecule has 6 nitrogen and oxygen atoms in total. The molecular weight excluding hydrogens is 406 g/mol. The minimum absolute atomic E-state index is 0.0221. The van der Waals surface area contributed by atoms with E-state index in [0.717, 1.165) is 36.3 Å². The summed E-state index contributed by atoms with van der Waals surface area (Å²) in [5, 5.41) is 5.60. The van der Waals surface area contributed by atoms with Gasteiger partial charge >= 0.3 is 0 Å². The minimum atomic E-state index is -3.65. The fourth-order valence-corrected chi connectivity index (χ4v) is 5.42. The van der Waals surface area contributed by atoms with Crippen LogP contribution in [0.4, 0.5) is 5.69 Å². The van der Waals surface area contributed by atoms with E-state index in [1.54, 1.807) is 24.4 Å². The van der Waals surface area contributed by atoms with Gasteiger partial charge in [0.15, 0.2) is 0 Å². The number of anilines is 1. The Labute approximate surface area is 174 Å². The van der Waals surface area contributed by atoms with Gasteiger partial charge in [-0.2, -0.15) is 0 Å². The first-order valence-corrected chi connectivity index (χ1v) is 11.8. The van der Waals surface area contributed by atoms with Crippen LogP contribution in [-0.2, 0) is 10.0 Å². The summed E-state index contributed by atoms with van der Waals surface area (Å²) in [6.45, 7) is 0. The molecule has 1 fully saturated rings. The number of sulfonamides is 1. The second kappa shape index (κ2) is 8.44. The summed E-state index contributed by atoms with van der Waals surface area (Å²) in [6.07, 6.45) is 5.52. The summed E-state index contributed by atoms with van der Waals surface area (Å²) >= 11 is 1.52. The van der Waals surface area contributed by atoms with Gasteiger partial charge in [0, 0.05) is 34.4 Å². The van der Waals surface area contributed by atoms with Crippen LogP contribution in [0.2, 0.25) is 0 Å². The molecule has 0 radical (unpaired) electrons. The number of benzene rings is 2. The Kier molecular flexibility index (Phi) is 5.75. The van der Waals surface area contributed by atoms with E-state index in [1.165, 1.54) is 23.5 Å². The number of aromatic nitrogens is 1. The smallest absolute Gasteiger partial charge is 0.255 e. The minimum Gasteiger partial charge on any atom is -0.322 e. The number of thiazole rings is 1. The van der Waals surface area contributed by atoms with E-state index in [0.29, 0.717) is 11.3 Å². The van der Waals surface area contributed by atoms with Crippen LogP contribution < -0.4 is 10.0 Å². The van der Waals surface area contributed by atoms with Gasteiger partial charge in [0.2, 0.25) is 10.0 Å². The van der Waals surface area contributed by atoms with Gasteiger partial charge in [0.25, 0.3) is 5.91 Å². The van der Waals surface area contributed by atoms with E-state index < -0.39 is 10.0 Å². The maximum Gasteiger partial charge on any atom is 0.255 e. The van der Waals surface area contributed by atoms with Crippen LogP contribution in [0.3, 0.4) is 0 Å². The Morgan fingerprint density at radius 1 is 1.07 bits per heavy atom. The Morgan fingerprint density at radius 3 is 2.62 bits per heavy atom. The maximum atomic E-state index is 12.7. The fourth-order valence-electron chi connectivity index (χ4n) is 3.43. The van der Waals surface area contributed by atoms with Gasteiger partial charge in [-0.05, 0) is 43.2 Å². The molecule has 1 aliphatic rings. The highest BCUT2D eigenvalue weighted by atomic mass is 32.2. The highest BCUT2D eigenvalue weighted by molar-refractivity contribution is 7.89. The van der Waals surface area contributed by atoms with Gasteiger partial charge in [0.05, 0.1) is 4.90 Å². The standard InChI is InChI=1S/C21H21N3O3S2/c25-20(23-18-9-3-6-16(13-18)21-22-11-12-28-21)15-5-4-10-19(14-15)29(26,27)24-17-7-1-2-8-17/h3-6,9-14,17,24H,1-2,7-8H2,(H,23,25). The molecule has 1 aromatic heterocycles. The molecule has 0 aliphatic heterocycles. The zero-order valence-corrected chi connectivity index (χ0v) is 17.3. The molecular formula is C21H21N3O3S2. The Morgan fingerprint density at radius 2 is 1.86 bits per heavy atom. The lowest BCUT2D eigenvalue weighted by molar-refractivity contribution is 0.102. The summed E-state index contributed by atoms with van der Waals surface area (Å²) < 4.78 is 28.0. The molecule has 29 heavy (non-hydrogen) atoms. The van der Waals surface area contributed by atoms with E-state index in [1.807, 2.05) is 23.6 Å². The number of rotatable bonds is 6. The molecule has 0 atom stereocenters. The van der Waals surface area contributed by atoms with Crippen LogP contribution in [0.5, 0.6) is 0 Å². The third-order valence-electron chi connectivity index (χ3n) is 4.88. The van der Waals surface area contributed by atoms with Crippen LogP contribution in [-0.4, -0.2) is 25.4 Å². The number of hydrogen-bond acceptors (Lipinski definition) is 5. The summed E-state index contributed by atoms with van der Waals surface area (Å²) in [7, 11) is -3.65. The Hall–Kier alpha value is -2.55. The second-order valence-electron chi connectivity index (χ2n) is 7.00. The number of nitrogens with one attached hydrogen (secondary N) is 2. The highest BCUT2D eigenvalue weighted by Gasteiger charge is 2.23. The van der Waals surface area contributed by atoms with Crippen molar-refractivity contribution >= 4 is 33.0 Å². The average molecular weight is 428 g/mol. The molecule has 8 heteroatoms. The molecule has 1 aliphatic carbocycles. The van der Waals surface area contributed by atoms with Gasteiger partial charge in [-0.15, -0.1) is 11.3 Å². The van der Waals surface area contributed by atoms with Crippen molar-refractivity contribution in [2.45, 2.75) is 36.6 Å². The molecule has 1 amide bonds. The van der Waals surface area contributed by atoms with Gasteiger partial charge in [0.1, 0.15) is 5.01 Å². The predicted octanol–water partition coefficient (Wildman–Crippen LogP) is 4.28. The van der Waals surface area contributed by atoms with Crippen molar-refractivity contribution in [1.29, 1.82) is 0 Å². The topological polar surface area (TPSA) is 88.2 Å². The van der Waals surface area contributed by atoms with Crippen LogP contribution in [0.25, 0.3) is 10.6 Å². The normalized spacial score (nSPS) is 14.8. The van der Waals surface area contributed by atoms with Crippen LogP contribution in [0.1, 0.15) is 36.0 Å². The number of carbonyl (C=O) groups excluding carboxylic acids is 1. The molecule has 0 bridgehead atoms. The third kappa shape index (κ3) is 4.72. The van der Waals surface area contributed by atoms with Crippen molar-refractivity contribution in [2.24, 2.45) is 0 Å². The maximum absolute atomic E-state index is 12.7. The van der Waals surface area contributed by atoms with Crippen molar-refractivity contribution in [2.75, 3.05) is 5.32 Å². The molecule has 2 aromatic carbocycles. The quantitative estimate of drug-likeness (QED) is 0.614. The molecule has 0 spiro atoms. The van der Waals surface area contributed by atoms with Gasteiger partial charge in [-0.1, -0.05) is 31.0 Å². The van der Waals surface area contributed by atoms with Gasteiger partial charge in [-0.25, -0.2) is 18.1 Å². The zero-order valence-electron chi connectivity index (χ0n) is 15.7. The lowest BCUT2D eigenvalue weighted by Gasteiger charge is -2.13. The third-order valence-corrected chi connectivity index (χ3v) is 7.22. The Balaban J connectivity index is 1.51. The van der Waals surface area contributed by atoms with Gasteiger partial charge < -0.3 is 5.32 Å². The Bertz CT molecular complexity index is 1110. The fraction of sp³-hybridized carbons (Fsp3) is 0.238. The first kappa shape index (κ1) is 19.8. The number of hydrogen-bond donors (Lipinski definition) is 2.